The Balaban J connectivity index is 0.00000306. The van der Waals surface area contributed by atoms with Gasteiger partial charge in [-0.05, 0) is 35.9 Å². The van der Waals surface area contributed by atoms with Crippen LogP contribution >= 0.6 is 24.0 Å². The highest BCUT2D eigenvalue weighted by molar-refractivity contribution is 14.0. The first-order chi connectivity index (χ1) is 15.8. The van der Waals surface area contributed by atoms with Crippen LogP contribution in [0.1, 0.15) is 5.56 Å². The molecule has 2 heterocycles. The zero-order chi connectivity index (χ0) is 22.2. The maximum atomic E-state index is 5.95. The number of anilines is 1. The number of nitrogens with zero attached hydrogens (tertiary/aromatic N) is 5. The van der Waals surface area contributed by atoms with Gasteiger partial charge in [-0.1, -0.05) is 24.3 Å². The lowest BCUT2D eigenvalue weighted by molar-refractivity contribution is 0.370. The summed E-state index contributed by atoms with van der Waals surface area (Å²) in [4.78, 5) is 17.6. The smallest absolute Gasteiger partial charge is 0.225 e. The maximum absolute atomic E-state index is 5.95. The third-order valence-electron chi connectivity index (χ3n) is 5.30. The Hall–Kier alpha value is -3.08. The number of ether oxygens (including phenoxy) is 2. The summed E-state index contributed by atoms with van der Waals surface area (Å²) >= 11 is 0. The molecule has 8 nitrogen and oxygen atoms in total. The average molecular weight is 560 g/mol. The number of aliphatic imine (C=N–C) groups is 1. The fraction of sp³-hybridized carbons (Fsp3) is 0.292. The van der Waals surface area contributed by atoms with Gasteiger partial charge in [0.25, 0.3) is 0 Å². The van der Waals surface area contributed by atoms with E-state index in [0.717, 1.165) is 49.4 Å². The number of halogens is 1. The summed E-state index contributed by atoms with van der Waals surface area (Å²) in [5.74, 6) is 3.85. The van der Waals surface area contributed by atoms with Crippen molar-refractivity contribution in [2.45, 2.75) is 6.54 Å². The Morgan fingerprint density at radius 3 is 2.24 bits per heavy atom. The summed E-state index contributed by atoms with van der Waals surface area (Å²) in [7, 11) is 3.46. The van der Waals surface area contributed by atoms with Gasteiger partial charge in [-0.15, -0.1) is 24.0 Å². The second-order valence-electron chi connectivity index (χ2n) is 7.32. The molecule has 1 fully saturated rings. The van der Waals surface area contributed by atoms with Crippen LogP contribution in [0, 0.1) is 0 Å². The van der Waals surface area contributed by atoms with Gasteiger partial charge in [0.2, 0.25) is 5.95 Å². The normalized spacial score (nSPS) is 13.8. The third kappa shape index (κ3) is 6.47. The van der Waals surface area contributed by atoms with E-state index in [1.165, 1.54) is 0 Å². The Kier molecular flexibility index (Phi) is 9.11. The van der Waals surface area contributed by atoms with E-state index in [0.29, 0.717) is 18.0 Å². The van der Waals surface area contributed by atoms with E-state index in [1.807, 2.05) is 49.5 Å². The van der Waals surface area contributed by atoms with Crippen molar-refractivity contribution in [2.75, 3.05) is 45.2 Å². The largest absolute Gasteiger partial charge is 0.493 e. The van der Waals surface area contributed by atoms with Crippen molar-refractivity contribution in [3.05, 3.63) is 72.6 Å². The van der Waals surface area contributed by atoms with Gasteiger partial charge in [-0.2, -0.15) is 0 Å². The average Bonchev–Trinajstić information content (AvgIpc) is 2.86. The van der Waals surface area contributed by atoms with Crippen LogP contribution in [-0.4, -0.2) is 61.2 Å². The fourth-order valence-electron chi connectivity index (χ4n) is 3.59. The van der Waals surface area contributed by atoms with Gasteiger partial charge in [-0.25, -0.2) is 9.97 Å². The first kappa shape index (κ1) is 24.6. The highest BCUT2D eigenvalue weighted by atomic mass is 127. The number of aromatic nitrogens is 2. The van der Waals surface area contributed by atoms with Crippen LogP contribution in [0.25, 0.3) is 0 Å². The van der Waals surface area contributed by atoms with E-state index in [2.05, 4.69) is 42.2 Å². The molecule has 4 rings (SSSR count). The van der Waals surface area contributed by atoms with Crippen LogP contribution in [0.3, 0.4) is 0 Å². The van der Waals surface area contributed by atoms with Gasteiger partial charge in [-0.3, -0.25) is 4.99 Å². The summed E-state index contributed by atoms with van der Waals surface area (Å²) in [6.45, 7) is 4.14. The molecule has 2 aromatic carbocycles. The monoisotopic (exact) mass is 560 g/mol. The minimum Gasteiger partial charge on any atom is -0.493 e. The number of benzene rings is 2. The number of guanidine groups is 1. The number of nitrogens with one attached hydrogen (secondary N) is 1. The lowest BCUT2D eigenvalue weighted by Gasteiger charge is -2.36. The standard InChI is InChI=1S/C24H28N6O2.HI/c1-25-23(29-14-16-30(17-15-29)24-26-12-5-13-27-24)28-18-19-8-10-20(11-9-19)32-22-7-4-3-6-21(22)31-2;/h3-13H,14-18H2,1-2H3,(H,25,28);1H. The van der Waals surface area contributed by atoms with Crippen LogP contribution in [0.4, 0.5) is 5.95 Å². The van der Waals surface area contributed by atoms with Crippen LogP contribution in [0.2, 0.25) is 0 Å². The fourth-order valence-corrected chi connectivity index (χ4v) is 3.59. The predicted octanol–water partition coefficient (Wildman–Crippen LogP) is 3.79. The predicted molar refractivity (Wildman–Crippen MR) is 141 cm³/mol. The first-order valence-corrected chi connectivity index (χ1v) is 10.6. The molecule has 1 aliphatic heterocycles. The zero-order valence-electron chi connectivity index (χ0n) is 18.8. The van der Waals surface area contributed by atoms with Crippen molar-refractivity contribution in [1.29, 1.82) is 0 Å². The maximum Gasteiger partial charge on any atom is 0.225 e. The highest BCUT2D eigenvalue weighted by Gasteiger charge is 2.21. The summed E-state index contributed by atoms with van der Waals surface area (Å²) in [6, 6.07) is 17.5. The molecule has 3 aromatic rings. The third-order valence-corrected chi connectivity index (χ3v) is 5.30. The van der Waals surface area contributed by atoms with Crippen molar-refractivity contribution in [3.63, 3.8) is 0 Å². The molecule has 0 aliphatic carbocycles. The number of piperazine rings is 1. The Bertz CT molecular complexity index is 1020. The molecule has 0 unspecified atom stereocenters. The van der Waals surface area contributed by atoms with Gasteiger partial charge >= 0.3 is 0 Å². The van der Waals surface area contributed by atoms with Gasteiger partial charge in [0.1, 0.15) is 5.75 Å². The Morgan fingerprint density at radius 2 is 1.61 bits per heavy atom. The molecule has 1 aliphatic rings. The molecule has 0 saturated carbocycles. The second kappa shape index (κ2) is 12.2. The van der Waals surface area contributed by atoms with E-state index < -0.39 is 0 Å². The number of para-hydroxylation sites is 2. The van der Waals surface area contributed by atoms with Crippen LogP contribution < -0.4 is 19.7 Å². The lowest BCUT2D eigenvalue weighted by Crippen LogP contribution is -2.52. The van der Waals surface area contributed by atoms with Gasteiger partial charge in [0.05, 0.1) is 7.11 Å². The van der Waals surface area contributed by atoms with Crippen LogP contribution in [0.15, 0.2) is 72.0 Å². The molecule has 0 spiro atoms. The van der Waals surface area contributed by atoms with E-state index in [9.17, 15) is 0 Å². The van der Waals surface area contributed by atoms with Crippen molar-refractivity contribution in [1.82, 2.24) is 20.2 Å². The SMILES string of the molecule is CN=C(NCc1ccc(Oc2ccccc2OC)cc1)N1CCN(c2ncccn2)CC1.I. The van der Waals surface area contributed by atoms with E-state index in [-0.39, 0.29) is 24.0 Å². The first-order valence-electron chi connectivity index (χ1n) is 10.6. The summed E-state index contributed by atoms with van der Waals surface area (Å²) in [5, 5.41) is 3.46. The van der Waals surface area contributed by atoms with Crippen molar-refractivity contribution in [2.24, 2.45) is 4.99 Å². The molecular formula is C24H29IN6O2. The van der Waals surface area contributed by atoms with Crippen molar-refractivity contribution in [3.8, 4) is 17.2 Å². The number of hydrogen-bond donors (Lipinski definition) is 1. The quantitative estimate of drug-likeness (QED) is 0.280. The number of methoxy groups -OCH3 is 1. The molecule has 0 radical (unpaired) electrons. The molecule has 0 atom stereocenters. The van der Waals surface area contributed by atoms with Crippen LogP contribution in [0.5, 0.6) is 17.2 Å². The molecule has 1 N–H and O–H groups in total. The number of rotatable bonds is 6. The molecular weight excluding hydrogens is 531 g/mol. The molecule has 9 heteroatoms. The molecule has 174 valence electrons. The second-order valence-corrected chi connectivity index (χ2v) is 7.32. The highest BCUT2D eigenvalue weighted by Crippen LogP contribution is 2.30. The van der Waals surface area contributed by atoms with Gasteiger partial charge in [0, 0.05) is 52.2 Å². The minimum absolute atomic E-state index is 0. The molecule has 33 heavy (non-hydrogen) atoms. The van der Waals surface area contributed by atoms with E-state index >= 15 is 0 Å². The number of hydrogen-bond acceptors (Lipinski definition) is 6. The van der Waals surface area contributed by atoms with Gasteiger partial charge < -0.3 is 24.6 Å². The van der Waals surface area contributed by atoms with Gasteiger partial charge in [0.15, 0.2) is 17.5 Å². The topological polar surface area (TPSA) is 75.1 Å². The van der Waals surface area contributed by atoms with Crippen molar-refractivity contribution < 1.29 is 9.47 Å². The molecule has 1 aromatic heterocycles. The summed E-state index contributed by atoms with van der Waals surface area (Å²) in [6.07, 6.45) is 3.56. The molecule has 0 bridgehead atoms. The molecule has 0 amide bonds. The van der Waals surface area contributed by atoms with E-state index in [4.69, 9.17) is 9.47 Å². The summed E-state index contributed by atoms with van der Waals surface area (Å²) in [5.41, 5.74) is 1.15. The summed E-state index contributed by atoms with van der Waals surface area (Å²) < 4.78 is 11.3. The van der Waals surface area contributed by atoms with E-state index in [1.54, 1.807) is 19.5 Å². The van der Waals surface area contributed by atoms with Crippen molar-refractivity contribution >= 4 is 35.9 Å². The lowest BCUT2D eigenvalue weighted by atomic mass is 10.2. The Morgan fingerprint density at radius 1 is 0.939 bits per heavy atom. The molecule has 1 saturated heterocycles. The Labute approximate surface area is 211 Å². The zero-order valence-corrected chi connectivity index (χ0v) is 21.2. The van der Waals surface area contributed by atoms with Crippen LogP contribution in [-0.2, 0) is 6.54 Å². The minimum atomic E-state index is 0.